The Morgan fingerprint density at radius 2 is 1.83 bits per heavy atom. The lowest BCUT2D eigenvalue weighted by molar-refractivity contribution is -0.149. The summed E-state index contributed by atoms with van der Waals surface area (Å²) in [7, 11) is 0. The fraction of sp³-hybridized carbons (Fsp3) is 0.300. The highest BCUT2D eigenvalue weighted by atomic mass is 79.9. The van der Waals surface area contributed by atoms with E-state index in [1.807, 2.05) is 24.3 Å². The predicted molar refractivity (Wildman–Crippen MR) is 114 cm³/mol. The zero-order chi connectivity index (χ0) is 20.6. The van der Waals surface area contributed by atoms with Gasteiger partial charge < -0.3 is 24.4 Å². The molecule has 0 radical (unpaired) electrons. The average Bonchev–Trinajstić information content (AvgIpc) is 2.73. The Balaban J connectivity index is 1.40. The highest BCUT2D eigenvalue weighted by molar-refractivity contribution is 9.10. The minimum Gasteiger partial charge on any atom is -0.481 e. The molecule has 1 amide bonds. The molecule has 0 saturated carbocycles. The average molecular weight is 484 g/mol. The molecule has 1 fully saturated rings. The van der Waals surface area contributed by atoms with Crippen molar-refractivity contribution in [1.82, 2.24) is 0 Å². The first kappa shape index (κ1) is 21.4. The van der Waals surface area contributed by atoms with Gasteiger partial charge in [0.2, 0.25) is 0 Å². The van der Waals surface area contributed by atoms with E-state index in [9.17, 15) is 9.59 Å². The molecule has 2 aromatic carbocycles. The summed E-state index contributed by atoms with van der Waals surface area (Å²) in [6.07, 6.45) is 0. The van der Waals surface area contributed by atoms with E-state index in [0.717, 1.165) is 18.8 Å². The molecule has 1 saturated heterocycles. The maximum Gasteiger partial charge on any atom is 0.344 e. The predicted octanol–water partition coefficient (Wildman–Crippen LogP) is 3.50. The molecule has 0 unspecified atom stereocenters. The van der Waals surface area contributed by atoms with Gasteiger partial charge >= 0.3 is 5.97 Å². The van der Waals surface area contributed by atoms with E-state index in [4.69, 9.17) is 25.8 Å². The molecule has 0 spiro atoms. The molecule has 29 heavy (non-hydrogen) atoms. The highest BCUT2D eigenvalue weighted by Gasteiger charge is 2.12. The first-order valence-electron chi connectivity index (χ1n) is 8.97. The summed E-state index contributed by atoms with van der Waals surface area (Å²) in [5.74, 6) is -0.619. The van der Waals surface area contributed by atoms with Crippen LogP contribution in [0.4, 0.5) is 11.4 Å². The molecule has 0 aromatic heterocycles. The number of esters is 1. The van der Waals surface area contributed by atoms with Gasteiger partial charge in [-0.2, -0.15) is 0 Å². The Hall–Kier alpha value is -2.29. The van der Waals surface area contributed by atoms with Crippen LogP contribution < -0.4 is 15.0 Å². The summed E-state index contributed by atoms with van der Waals surface area (Å²) in [5.41, 5.74) is 1.70. The van der Waals surface area contributed by atoms with Gasteiger partial charge in [0, 0.05) is 29.5 Å². The van der Waals surface area contributed by atoms with Crippen molar-refractivity contribution < 1.29 is 23.8 Å². The topological polar surface area (TPSA) is 77.1 Å². The summed E-state index contributed by atoms with van der Waals surface area (Å²) in [6.45, 7) is 2.40. The first-order valence-corrected chi connectivity index (χ1v) is 10.1. The number of amides is 1. The van der Waals surface area contributed by atoms with Crippen LogP contribution in [0.15, 0.2) is 46.9 Å². The number of carbonyl (C=O) groups is 2. The molecule has 154 valence electrons. The normalized spacial score (nSPS) is 13.7. The standard InChI is InChI=1S/C20H20BrClN2O5/c21-17-11-14(22)1-6-18(17)28-13-20(26)29-12-19(25)23-15-2-4-16(5-3-15)24-7-9-27-10-8-24/h1-6,11H,7-10,12-13H2,(H,23,25). The molecule has 3 rings (SSSR count). The van der Waals surface area contributed by atoms with Crippen LogP contribution in [-0.2, 0) is 19.1 Å². The van der Waals surface area contributed by atoms with E-state index in [1.54, 1.807) is 18.2 Å². The summed E-state index contributed by atoms with van der Waals surface area (Å²) < 4.78 is 16.3. The van der Waals surface area contributed by atoms with Crippen LogP contribution in [0.2, 0.25) is 5.02 Å². The second-order valence-corrected chi connectivity index (χ2v) is 7.51. The van der Waals surface area contributed by atoms with Crippen molar-refractivity contribution in [2.75, 3.05) is 49.7 Å². The minimum absolute atomic E-state index is 0.318. The molecule has 0 atom stereocenters. The molecule has 9 heteroatoms. The second kappa shape index (κ2) is 10.5. The number of nitrogens with zero attached hydrogens (tertiary/aromatic N) is 1. The lowest BCUT2D eigenvalue weighted by atomic mass is 10.2. The number of ether oxygens (including phenoxy) is 3. The van der Waals surface area contributed by atoms with Gasteiger partial charge in [-0.3, -0.25) is 4.79 Å². The quantitative estimate of drug-likeness (QED) is 0.608. The Bertz CT molecular complexity index is 856. The lowest BCUT2D eigenvalue weighted by Crippen LogP contribution is -2.36. The molecule has 1 aliphatic heterocycles. The third-order valence-electron chi connectivity index (χ3n) is 4.13. The number of nitrogens with one attached hydrogen (secondary N) is 1. The van der Waals surface area contributed by atoms with Crippen LogP contribution in [0.1, 0.15) is 0 Å². The molecule has 0 aliphatic carbocycles. The van der Waals surface area contributed by atoms with Crippen molar-refractivity contribution in [3.63, 3.8) is 0 Å². The SMILES string of the molecule is O=C(COC(=O)COc1ccc(Cl)cc1Br)Nc1ccc(N2CCOCC2)cc1. The largest absolute Gasteiger partial charge is 0.481 e. The number of halogens is 2. The summed E-state index contributed by atoms with van der Waals surface area (Å²) >= 11 is 9.14. The number of rotatable bonds is 7. The Morgan fingerprint density at radius 1 is 1.10 bits per heavy atom. The van der Waals surface area contributed by atoms with Crippen molar-refractivity contribution in [2.45, 2.75) is 0 Å². The van der Waals surface area contributed by atoms with E-state index in [0.29, 0.717) is 34.1 Å². The first-order chi connectivity index (χ1) is 14.0. The maximum absolute atomic E-state index is 12.0. The molecule has 1 aliphatic rings. The monoisotopic (exact) mass is 482 g/mol. The van der Waals surface area contributed by atoms with E-state index >= 15 is 0 Å². The van der Waals surface area contributed by atoms with Gasteiger partial charge in [0.05, 0.1) is 17.7 Å². The van der Waals surface area contributed by atoms with Crippen molar-refractivity contribution in [1.29, 1.82) is 0 Å². The van der Waals surface area contributed by atoms with Crippen molar-refractivity contribution in [3.8, 4) is 5.75 Å². The molecule has 1 N–H and O–H groups in total. The molecular weight excluding hydrogens is 464 g/mol. The van der Waals surface area contributed by atoms with Crippen molar-refractivity contribution in [3.05, 3.63) is 52.0 Å². The third-order valence-corrected chi connectivity index (χ3v) is 4.99. The van der Waals surface area contributed by atoms with E-state index in [1.165, 1.54) is 0 Å². The third kappa shape index (κ3) is 6.62. The summed E-state index contributed by atoms with van der Waals surface area (Å²) in [5, 5.41) is 3.24. The summed E-state index contributed by atoms with van der Waals surface area (Å²) in [6, 6.07) is 12.4. The number of morpholine rings is 1. The second-order valence-electron chi connectivity index (χ2n) is 6.22. The zero-order valence-electron chi connectivity index (χ0n) is 15.5. The van der Waals surface area contributed by atoms with Crippen molar-refractivity contribution >= 4 is 50.8 Å². The smallest absolute Gasteiger partial charge is 0.344 e. The molecule has 7 nitrogen and oxygen atoms in total. The summed E-state index contributed by atoms with van der Waals surface area (Å²) in [4.78, 5) is 26.0. The van der Waals surface area contributed by atoms with Crippen LogP contribution >= 0.6 is 27.5 Å². The van der Waals surface area contributed by atoms with Crippen LogP contribution in [0.25, 0.3) is 0 Å². The van der Waals surface area contributed by atoms with Gasteiger partial charge in [-0.05, 0) is 58.4 Å². The number of hydrogen-bond donors (Lipinski definition) is 1. The van der Waals surface area contributed by atoms with Gasteiger partial charge in [-0.25, -0.2) is 4.79 Å². The van der Waals surface area contributed by atoms with Crippen LogP contribution in [0, 0.1) is 0 Å². The van der Waals surface area contributed by atoms with Crippen LogP contribution in [-0.4, -0.2) is 51.4 Å². The van der Waals surface area contributed by atoms with Gasteiger partial charge in [0.15, 0.2) is 13.2 Å². The van der Waals surface area contributed by atoms with Gasteiger partial charge in [-0.1, -0.05) is 11.6 Å². The maximum atomic E-state index is 12.0. The lowest BCUT2D eigenvalue weighted by Gasteiger charge is -2.28. The zero-order valence-corrected chi connectivity index (χ0v) is 17.9. The molecule has 2 aromatic rings. The molecule has 0 bridgehead atoms. The van der Waals surface area contributed by atoms with Gasteiger partial charge in [0.1, 0.15) is 5.75 Å². The Labute approximate surface area is 182 Å². The fourth-order valence-electron chi connectivity index (χ4n) is 2.69. The van der Waals surface area contributed by atoms with Gasteiger partial charge in [-0.15, -0.1) is 0 Å². The van der Waals surface area contributed by atoms with Crippen LogP contribution in [0.3, 0.4) is 0 Å². The Kier molecular flexibility index (Phi) is 7.74. The van der Waals surface area contributed by atoms with E-state index in [2.05, 4.69) is 26.1 Å². The van der Waals surface area contributed by atoms with Gasteiger partial charge in [0.25, 0.3) is 5.91 Å². The number of anilines is 2. The van der Waals surface area contributed by atoms with Crippen molar-refractivity contribution in [2.24, 2.45) is 0 Å². The highest BCUT2D eigenvalue weighted by Crippen LogP contribution is 2.27. The fourth-order valence-corrected chi connectivity index (χ4v) is 3.49. The number of hydrogen-bond acceptors (Lipinski definition) is 6. The van der Waals surface area contributed by atoms with E-state index < -0.39 is 18.5 Å². The Morgan fingerprint density at radius 3 is 2.52 bits per heavy atom. The number of benzene rings is 2. The van der Waals surface area contributed by atoms with E-state index in [-0.39, 0.29) is 6.61 Å². The molecular formula is C20H20BrClN2O5. The minimum atomic E-state index is -0.648. The number of carbonyl (C=O) groups excluding carboxylic acids is 2. The van der Waals surface area contributed by atoms with Crippen LogP contribution in [0.5, 0.6) is 5.75 Å². The molecule has 1 heterocycles.